The fourth-order valence-electron chi connectivity index (χ4n) is 9.69. The van der Waals surface area contributed by atoms with Crippen LogP contribution in [0.15, 0.2) is 151 Å². The molecule has 0 nitrogen and oxygen atoms in total. The van der Waals surface area contributed by atoms with E-state index in [4.69, 9.17) is 0 Å². The summed E-state index contributed by atoms with van der Waals surface area (Å²) in [7, 11) is 0. The smallest absolute Gasteiger partial charge is 0.0137 e. The maximum absolute atomic E-state index is 2.61. The fraction of sp³-hybridized carbons (Fsp3) is 0.231. The molecule has 5 aromatic carbocycles. The van der Waals surface area contributed by atoms with E-state index in [1.54, 1.807) is 0 Å². The average Bonchev–Trinajstić information content (AvgIpc) is 3.20. The summed E-state index contributed by atoms with van der Waals surface area (Å²) < 4.78 is 0. The van der Waals surface area contributed by atoms with Crippen molar-refractivity contribution >= 4 is 39.1 Å². The third kappa shape index (κ3) is 5.79. The summed E-state index contributed by atoms with van der Waals surface area (Å²) in [6, 6.07) is 41.4. The van der Waals surface area contributed by atoms with Gasteiger partial charge in [0, 0.05) is 11.8 Å². The molecular weight excluding hydrogens is 625 g/mol. The van der Waals surface area contributed by atoms with Crippen LogP contribution in [0, 0.1) is 11.8 Å². The number of rotatable bonds is 8. The van der Waals surface area contributed by atoms with Crippen molar-refractivity contribution in [2.24, 2.45) is 11.8 Å². The Balaban J connectivity index is 1.21. The van der Waals surface area contributed by atoms with Crippen molar-refractivity contribution in [2.45, 2.75) is 65.2 Å². The number of hydrogen-bond donors (Lipinski definition) is 0. The summed E-state index contributed by atoms with van der Waals surface area (Å²) in [4.78, 5) is 0. The Morgan fingerprint density at radius 1 is 0.558 bits per heavy atom. The zero-order valence-corrected chi connectivity index (χ0v) is 30.7. The van der Waals surface area contributed by atoms with Crippen molar-refractivity contribution < 1.29 is 0 Å². The first-order valence-corrected chi connectivity index (χ1v) is 19.7. The predicted molar refractivity (Wildman–Crippen MR) is 223 cm³/mol. The summed E-state index contributed by atoms with van der Waals surface area (Å²) in [6.07, 6.45) is 23.5. The minimum atomic E-state index is 0.301. The van der Waals surface area contributed by atoms with E-state index in [0.717, 1.165) is 51.4 Å². The maximum Gasteiger partial charge on any atom is 0.0137 e. The second-order valence-corrected chi connectivity index (χ2v) is 15.1. The second-order valence-electron chi connectivity index (χ2n) is 15.1. The van der Waals surface area contributed by atoms with Crippen molar-refractivity contribution in [3.63, 3.8) is 0 Å². The lowest BCUT2D eigenvalue weighted by molar-refractivity contribution is 0.679. The number of aryl methyl sites for hydroxylation is 2. The van der Waals surface area contributed by atoms with Crippen LogP contribution in [0.4, 0.5) is 0 Å². The second kappa shape index (κ2) is 14.1. The van der Waals surface area contributed by atoms with Gasteiger partial charge in [0.25, 0.3) is 0 Å². The molecular formula is C52H48. The highest BCUT2D eigenvalue weighted by Crippen LogP contribution is 2.46. The topological polar surface area (TPSA) is 0 Å². The largest absolute Gasteiger partial charge is 0.0761 e. The van der Waals surface area contributed by atoms with Crippen LogP contribution >= 0.6 is 0 Å². The first-order valence-electron chi connectivity index (χ1n) is 19.7. The lowest BCUT2D eigenvalue weighted by Gasteiger charge is -2.35. The first-order chi connectivity index (χ1) is 25.7. The molecule has 0 bridgehead atoms. The lowest BCUT2D eigenvalue weighted by atomic mass is 9.68. The zero-order valence-electron chi connectivity index (χ0n) is 30.7. The maximum atomic E-state index is 2.61. The summed E-state index contributed by atoms with van der Waals surface area (Å²) >= 11 is 0. The van der Waals surface area contributed by atoms with Crippen LogP contribution in [-0.4, -0.2) is 0 Å². The van der Waals surface area contributed by atoms with E-state index >= 15 is 0 Å². The summed E-state index contributed by atoms with van der Waals surface area (Å²) in [6.45, 7) is 4.65. The van der Waals surface area contributed by atoms with Gasteiger partial charge in [0.15, 0.2) is 0 Å². The van der Waals surface area contributed by atoms with Gasteiger partial charge < -0.3 is 0 Å². The van der Waals surface area contributed by atoms with Gasteiger partial charge in [-0.05, 0) is 127 Å². The highest BCUT2D eigenvalue weighted by Gasteiger charge is 2.34. The third-order valence-corrected chi connectivity index (χ3v) is 12.0. The molecule has 2 unspecified atom stereocenters. The van der Waals surface area contributed by atoms with Crippen molar-refractivity contribution in [3.8, 4) is 0 Å². The van der Waals surface area contributed by atoms with Gasteiger partial charge >= 0.3 is 0 Å². The van der Waals surface area contributed by atoms with Crippen LogP contribution in [0.1, 0.15) is 85.8 Å². The van der Waals surface area contributed by atoms with Crippen LogP contribution in [0.2, 0.25) is 0 Å². The van der Waals surface area contributed by atoms with E-state index in [0.29, 0.717) is 11.8 Å². The summed E-state index contributed by atoms with van der Waals surface area (Å²) in [5, 5.41) is 5.53. The summed E-state index contributed by atoms with van der Waals surface area (Å²) in [5.41, 5.74) is 17.7. The summed E-state index contributed by atoms with van der Waals surface area (Å²) in [5.74, 6) is 0.616. The minimum absolute atomic E-state index is 0.301. The molecule has 0 spiro atoms. The van der Waals surface area contributed by atoms with E-state index in [1.165, 1.54) is 88.0 Å². The normalized spacial score (nSPS) is 19.3. The molecule has 256 valence electrons. The molecule has 0 saturated carbocycles. The molecule has 0 aromatic heterocycles. The molecule has 0 heteroatoms. The van der Waals surface area contributed by atoms with Crippen molar-refractivity contribution in [3.05, 3.63) is 195 Å². The highest BCUT2D eigenvalue weighted by molar-refractivity contribution is 5.96. The van der Waals surface area contributed by atoms with Gasteiger partial charge in [0.05, 0.1) is 0 Å². The first kappa shape index (κ1) is 32.7. The van der Waals surface area contributed by atoms with E-state index in [-0.39, 0.29) is 0 Å². The van der Waals surface area contributed by atoms with Crippen molar-refractivity contribution in [1.82, 2.24) is 0 Å². The molecule has 0 radical (unpaired) electrons. The molecule has 0 heterocycles. The number of benzene rings is 5. The van der Waals surface area contributed by atoms with Gasteiger partial charge in [-0.1, -0.05) is 172 Å². The molecule has 0 fully saturated rings. The molecule has 52 heavy (non-hydrogen) atoms. The van der Waals surface area contributed by atoms with Crippen molar-refractivity contribution in [1.29, 1.82) is 0 Å². The van der Waals surface area contributed by atoms with Crippen LogP contribution in [0.25, 0.3) is 39.1 Å². The lowest BCUT2D eigenvalue weighted by Crippen LogP contribution is -2.40. The highest BCUT2D eigenvalue weighted by atomic mass is 14.4. The van der Waals surface area contributed by atoms with Crippen LogP contribution in [0.3, 0.4) is 0 Å². The Morgan fingerprint density at radius 3 is 2.12 bits per heavy atom. The Hall–Kier alpha value is -5.20. The molecule has 9 rings (SSSR count). The number of hydrogen-bond acceptors (Lipinski definition) is 0. The predicted octanol–water partition coefficient (Wildman–Crippen LogP) is 12.0. The van der Waals surface area contributed by atoms with Crippen LogP contribution in [-0.2, 0) is 12.8 Å². The van der Waals surface area contributed by atoms with Gasteiger partial charge in [-0.25, -0.2) is 0 Å². The molecule has 4 aliphatic carbocycles. The fourth-order valence-corrected chi connectivity index (χ4v) is 9.69. The standard InChI is InChI=1S/C52H48/c1-3-14-38-33-41(28-30-43(38)40-27-26-35-16-5-6-18-37(35)32-40)51-47-21-9-11-23-49(47)52(50-24-12-10-22-48(50)51)42-29-31-45(39(34-42)15-4-2)46-25-13-19-36-17-7-8-20-44(36)46/h5-13,16-25,28,30,32-34,47,49H,3-4,14-15,26-27,29,31H2,1-2H3. The van der Waals surface area contributed by atoms with E-state index in [2.05, 4.69) is 159 Å². The SMILES string of the molecule is CCCC1=C(c2cccc3ccccc23)CCC(C2=c3ccccc3=C(c3ccc(C4=Cc5ccccc5CC4)c(CCC)c3)C3C=CC=CC23)=C1. The van der Waals surface area contributed by atoms with Crippen LogP contribution < -0.4 is 10.4 Å². The van der Waals surface area contributed by atoms with Crippen molar-refractivity contribution in [2.75, 3.05) is 0 Å². The van der Waals surface area contributed by atoms with E-state index in [9.17, 15) is 0 Å². The van der Waals surface area contributed by atoms with Crippen LogP contribution in [0.5, 0.6) is 0 Å². The molecule has 0 saturated heterocycles. The Bertz CT molecular complexity index is 2480. The van der Waals surface area contributed by atoms with Gasteiger partial charge in [-0.15, -0.1) is 0 Å². The molecule has 4 aliphatic rings. The van der Waals surface area contributed by atoms with E-state index < -0.39 is 0 Å². The van der Waals surface area contributed by atoms with Gasteiger partial charge in [-0.2, -0.15) is 0 Å². The van der Waals surface area contributed by atoms with Gasteiger partial charge in [0.1, 0.15) is 0 Å². The Labute approximate surface area is 309 Å². The third-order valence-electron chi connectivity index (χ3n) is 12.0. The number of allylic oxidation sites excluding steroid dienone is 9. The Morgan fingerprint density at radius 2 is 1.27 bits per heavy atom. The molecule has 0 amide bonds. The molecule has 0 aliphatic heterocycles. The molecule has 2 atom stereocenters. The monoisotopic (exact) mass is 672 g/mol. The minimum Gasteiger partial charge on any atom is -0.0761 e. The number of fused-ring (bicyclic) bond motifs is 4. The zero-order chi connectivity index (χ0) is 35.0. The Kier molecular flexibility index (Phi) is 8.85. The quantitative estimate of drug-likeness (QED) is 0.154. The molecule has 0 N–H and O–H groups in total. The molecule has 5 aromatic rings. The van der Waals surface area contributed by atoms with Gasteiger partial charge in [0.2, 0.25) is 0 Å². The van der Waals surface area contributed by atoms with E-state index in [1.807, 2.05) is 0 Å². The average molecular weight is 673 g/mol. The van der Waals surface area contributed by atoms with Gasteiger partial charge in [-0.3, -0.25) is 0 Å².